The van der Waals surface area contributed by atoms with Gasteiger partial charge in [-0.2, -0.15) is 0 Å². The third-order valence-electron chi connectivity index (χ3n) is 3.47. The average Bonchev–Trinajstić information content (AvgIpc) is 3.17. The SMILES string of the molecule is O=C(O)C[C@H]1SC2=C(SC(=C3SC4=C(SCCS4)S3)S2)S[C@@H]1CC(=O)O. The number of carboxylic acid groups (broad SMARTS) is 2. The summed E-state index contributed by atoms with van der Waals surface area (Å²) in [5.41, 5.74) is 0. The highest BCUT2D eigenvalue weighted by Crippen LogP contribution is 2.69. The first-order valence-corrected chi connectivity index (χ1v) is 14.5. The van der Waals surface area contributed by atoms with Crippen LogP contribution >= 0.6 is 94.1 Å². The Morgan fingerprint density at radius 1 is 0.692 bits per heavy atom. The van der Waals surface area contributed by atoms with Gasteiger partial charge in [0, 0.05) is 22.0 Å². The van der Waals surface area contributed by atoms with Crippen molar-refractivity contribution in [3.8, 4) is 0 Å². The Hall–Kier alpha value is 0.960. The molecule has 0 radical (unpaired) electrons. The lowest BCUT2D eigenvalue weighted by Crippen LogP contribution is -2.27. The fourth-order valence-corrected chi connectivity index (χ4v) is 15.4. The summed E-state index contributed by atoms with van der Waals surface area (Å²) in [6.07, 6.45) is -0.00763. The molecule has 2 N–H and O–H groups in total. The molecule has 0 bridgehead atoms. The van der Waals surface area contributed by atoms with E-state index in [4.69, 9.17) is 0 Å². The van der Waals surface area contributed by atoms with E-state index in [0.29, 0.717) is 0 Å². The Morgan fingerprint density at radius 2 is 1.08 bits per heavy atom. The van der Waals surface area contributed by atoms with E-state index < -0.39 is 11.9 Å². The molecule has 4 rings (SSSR count). The minimum Gasteiger partial charge on any atom is -0.481 e. The van der Waals surface area contributed by atoms with E-state index in [9.17, 15) is 19.8 Å². The van der Waals surface area contributed by atoms with Crippen LogP contribution in [-0.4, -0.2) is 44.2 Å². The van der Waals surface area contributed by atoms with Crippen molar-refractivity contribution >= 4 is 106 Å². The predicted octanol–water partition coefficient (Wildman–Crippen LogP) is 5.97. The van der Waals surface area contributed by atoms with E-state index in [1.54, 1.807) is 47.0 Å². The maximum absolute atomic E-state index is 11.2. The smallest absolute Gasteiger partial charge is 0.304 e. The largest absolute Gasteiger partial charge is 0.481 e. The summed E-state index contributed by atoms with van der Waals surface area (Å²) in [5, 5.41) is 17.9. The Morgan fingerprint density at radius 3 is 1.46 bits per heavy atom. The Bertz CT molecular complexity index is 700. The van der Waals surface area contributed by atoms with Crippen molar-refractivity contribution in [3.63, 3.8) is 0 Å². The maximum atomic E-state index is 11.2. The van der Waals surface area contributed by atoms with Gasteiger partial charge in [-0.15, -0.1) is 47.0 Å². The van der Waals surface area contributed by atoms with E-state index in [1.165, 1.54) is 16.9 Å². The van der Waals surface area contributed by atoms with E-state index in [-0.39, 0.29) is 23.3 Å². The quantitative estimate of drug-likeness (QED) is 0.477. The first kappa shape index (κ1) is 20.2. The predicted molar refractivity (Wildman–Crippen MR) is 124 cm³/mol. The van der Waals surface area contributed by atoms with Crippen LogP contribution < -0.4 is 0 Å². The topological polar surface area (TPSA) is 74.6 Å². The molecule has 26 heavy (non-hydrogen) atoms. The molecule has 4 aliphatic rings. The molecule has 4 heterocycles. The van der Waals surface area contributed by atoms with Crippen molar-refractivity contribution in [2.75, 3.05) is 11.5 Å². The molecule has 0 aliphatic carbocycles. The van der Waals surface area contributed by atoms with Gasteiger partial charge in [0.1, 0.15) is 0 Å². The Labute approximate surface area is 184 Å². The molecule has 0 amide bonds. The lowest BCUT2D eigenvalue weighted by atomic mass is 10.2. The fourth-order valence-electron chi connectivity index (χ4n) is 2.42. The van der Waals surface area contributed by atoms with Gasteiger partial charge >= 0.3 is 11.9 Å². The molecule has 0 spiro atoms. The minimum absolute atomic E-state index is 0.00381. The highest BCUT2D eigenvalue weighted by Gasteiger charge is 2.40. The monoisotopic (exact) mass is 500 g/mol. The van der Waals surface area contributed by atoms with Crippen LogP contribution in [-0.2, 0) is 9.59 Å². The molecule has 0 saturated heterocycles. The van der Waals surface area contributed by atoms with Crippen molar-refractivity contribution in [1.29, 1.82) is 0 Å². The van der Waals surface area contributed by atoms with Gasteiger partial charge in [-0.05, 0) is 0 Å². The van der Waals surface area contributed by atoms with Crippen LogP contribution in [0.5, 0.6) is 0 Å². The summed E-state index contributed by atoms with van der Waals surface area (Å²) in [4.78, 5) is 22.4. The van der Waals surface area contributed by atoms with Gasteiger partial charge in [-0.3, -0.25) is 9.59 Å². The van der Waals surface area contributed by atoms with E-state index >= 15 is 0 Å². The minimum atomic E-state index is -0.871. The maximum Gasteiger partial charge on any atom is 0.304 e. The van der Waals surface area contributed by atoms with Crippen molar-refractivity contribution < 1.29 is 19.8 Å². The zero-order valence-corrected chi connectivity index (χ0v) is 19.5. The summed E-state index contributed by atoms with van der Waals surface area (Å²) in [6.45, 7) is 0. The van der Waals surface area contributed by atoms with Gasteiger partial charge in [0.2, 0.25) is 0 Å². The number of carbonyl (C=O) groups is 2. The van der Waals surface area contributed by atoms with Gasteiger partial charge in [0.25, 0.3) is 0 Å². The number of rotatable bonds is 4. The van der Waals surface area contributed by atoms with Gasteiger partial charge in [0.05, 0.1) is 38.3 Å². The van der Waals surface area contributed by atoms with E-state index in [0.717, 1.165) is 20.0 Å². The van der Waals surface area contributed by atoms with Crippen LogP contribution in [0.3, 0.4) is 0 Å². The van der Waals surface area contributed by atoms with Crippen molar-refractivity contribution in [1.82, 2.24) is 0 Å². The molecule has 0 saturated carbocycles. The van der Waals surface area contributed by atoms with Crippen molar-refractivity contribution in [2.45, 2.75) is 23.3 Å². The Kier molecular flexibility index (Phi) is 6.82. The van der Waals surface area contributed by atoms with Crippen LogP contribution in [0, 0.1) is 0 Å². The van der Waals surface area contributed by atoms with Crippen LogP contribution in [0.25, 0.3) is 0 Å². The number of aliphatic carboxylic acids is 2. The highest BCUT2D eigenvalue weighted by molar-refractivity contribution is 8.45. The second kappa shape index (κ2) is 8.76. The molecular formula is C14H12O4S8. The second-order valence-electron chi connectivity index (χ2n) is 5.34. The van der Waals surface area contributed by atoms with Gasteiger partial charge in [-0.1, -0.05) is 47.0 Å². The molecule has 0 aromatic rings. The van der Waals surface area contributed by atoms with Crippen LogP contribution in [0.15, 0.2) is 25.4 Å². The molecule has 4 nitrogen and oxygen atoms in total. The fraction of sp³-hybridized carbons (Fsp3) is 0.429. The van der Waals surface area contributed by atoms with Gasteiger partial charge in [-0.25, -0.2) is 0 Å². The molecule has 0 unspecified atom stereocenters. The normalized spacial score (nSPS) is 28.5. The summed E-state index contributed by atoms with van der Waals surface area (Å²) in [6, 6.07) is 0. The van der Waals surface area contributed by atoms with E-state index in [2.05, 4.69) is 0 Å². The van der Waals surface area contributed by atoms with Crippen molar-refractivity contribution in [3.05, 3.63) is 25.4 Å². The average molecular weight is 501 g/mol. The van der Waals surface area contributed by atoms with Crippen molar-refractivity contribution in [2.24, 2.45) is 0 Å². The number of hydrogen-bond donors (Lipinski definition) is 2. The molecule has 4 aliphatic heterocycles. The molecule has 0 fully saturated rings. The Balaban J connectivity index is 1.49. The summed E-state index contributed by atoms with van der Waals surface area (Å²) in [5.74, 6) is 0.580. The first-order chi connectivity index (χ1) is 12.5. The van der Waals surface area contributed by atoms with Gasteiger partial charge in [0.15, 0.2) is 0 Å². The second-order valence-corrected chi connectivity index (χ2v) is 15.7. The molecule has 140 valence electrons. The third-order valence-corrected chi connectivity index (χ3v) is 16.0. The summed E-state index contributed by atoms with van der Waals surface area (Å²) in [7, 11) is 0. The number of hydrogen-bond acceptors (Lipinski definition) is 10. The molecule has 12 heteroatoms. The molecule has 0 aromatic carbocycles. The standard InChI is InChI=1S/C14H12O4S8/c15-7(16)3-5-6(4-8(17)18)22-12-11(21-5)25-14(26-12)13-23-9-10(24-13)20-2-1-19-9/h5-6H,1-4H2,(H,15,16)(H,17,18)/t5-,6-/m1/s1. The highest BCUT2D eigenvalue weighted by atomic mass is 32.3. The lowest BCUT2D eigenvalue weighted by Gasteiger charge is -2.28. The first-order valence-electron chi connectivity index (χ1n) is 7.46. The lowest BCUT2D eigenvalue weighted by molar-refractivity contribution is -0.139. The number of carboxylic acids is 2. The molecular weight excluding hydrogens is 489 g/mol. The molecule has 0 aromatic heterocycles. The zero-order chi connectivity index (χ0) is 18.3. The van der Waals surface area contributed by atoms with E-state index in [1.807, 2.05) is 47.0 Å². The number of thioether (sulfide) groups is 8. The summed E-state index contributed by atoms with van der Waals surface area (Å²) < 4.78 is 7.67. The van der Waals surface area contributed by atoms with Crippen LogP contribution in [0.2, 0.25) is 0 Å². The summed E-state index contributed by atoms with van der Waals surface area (Å²) >= 11 is 14.1. The van der Waals surface area contributed by atoms with Gasteiger partial charge < -0.3 is 10.2 Å². The third kappa shape index (κ3) is 4.58. The van der Waals surface area contributed by atoms with Crippen LogP contribution in [0.4, 0.5) is 0 Å². The van der Waals surface area contributed by atoms with Crippen LogP contribution in [0.1, 0.15) is 12.8 Å². The molecule has 2 atom stereocenters. The zero-order valence-electron chi connectivity index (χ0n) is 13.0.